The molecule has 1 N–H and O–H groups in total. The Morgan fingerprint density at radius 1 is 0.902 bits per heavy atom. The zero-order valence-corrected chi connectivity index (χ0v) is 22.6. The van der Waals surface area contributed by atoms with Crippen LogP contribution in [0.5, 0.6) is 5.75 Å². The number of aryl methyl sites for hydroxylation is 1. The Morgan fingerprint density at radius 3 is 2.37 bits per heavy atom. The Morgan fingerprint density at radius 2 is 1.66 bits per heavy atom. The van der Waals surface area contributed by atoms with E-state index in [0.29, 0.717) is 46.8 Å². The minimum absolute atomic E-state index is 0.0918. The van der Waals surface area contributed by atoms with Crippen LogP contribution in [-0.2, 0) is 4.79 Å². The molecule has 11 nitrogen and oxygen atoms in total. The predicted molar refractivity (Wildman–Crippen MR) is 151 cm³/mol. The number of hydrogen-bond acceptors (Lipinski definition) is 7. The maximum absolute atomic E-state index is 13.5. The maximum atomic E-state index is 13.5. The number of Topliss-reactive ketones (excluding diaryl/α,β-unsaturated/α-hetero) is 1. The number of rotatable bonds is 6. The predicted octanol–water partition coefficient (Wildman–Crippen LogP) is 3.29. The van der Waals surface area contributed by atoms with Crippen molar-refractivity contribution in [1.82, 2.24) is 34.5 Å². The van der Waals surface area contributed by atoms with Gasteiger partial charge in [-0.05, 0) is 37.3 Å². The standard InChI is InChI=1S/C30H27N7O4/c1-19-8-9-21(16-31-19)23-10-11-37(34-23)28-26-25(24(41-2)18-33-28)22(17-32-26)27(38)30(40)36-14-12-35(13-15-36)29(39)20-6-4-3-5-7-20/h3-11,16-18,32H,12-15H2,1-2H3. The molecule has 0 spiro atoms. The number of aromatic amines is 1. The molecule has 11 heteroatoms. The Kier molecular flexibility index (Phi) is 6.76. The summed E-state index contributed by atoms with van der Waals surface area (Å²) in [4.78, 5) is 54.7. The molecule has 5 aromatic rings. The van der Waals surface area contributed by atoms with Crippen LogP contribution in [0.4, 0.5) is 0 Å². The second kappa shape index (κ2) is 10.7. The van der Waals surface area contributed by atoms with Crippen LogP contribution in [0.3, 0.4) is 0 Å². The van der Waals surface area contributed by atoms with Crippen molar-refractivity contribution < 1.29 is 19.1 Å². The summed E-state index contributed by atoms with van der Waals surface area (Å²) >= 11 is 0. The number of carbonyl (C=O) groups excluding carboxylic acids is 3. The molecule has 2 amide bonds. The lowest BCUT2D eigenvalue weighted by Gasteiger charge is -2.34. The molecule has 1 fully saturated rings. The molecule has 1 aromatic carbocycles. The number of methoxy groups -OCH3 is 1. The third kappa shape index (κ3) is 4.82. The van der Waals surface area contributed by atoms with Crippen molar-refractivity contribution in [3.63, 3.8) is 0 Å². The minimum atomic E-state index is -0.665. The van der Waals surface area contributed by atoms with E-state index in [-0.39, 0.29) is 24.6 Å². The number of pyridine rings is 2. The molecular formula is C30H27N7O4. The fourth-order valence-electron chi connectivity index (χ4n) is 4.96. The topological polar surface area (TPSA) is 126 Å². The molecule has 1 aliphatic rings. The van der Waals surface area contributed by atoms with Crippen LogP contribution in [0.15, 0.2) is 73.3 Å². The highest BCUT2D eigenvalue weighted by atomic mass is 16.5. The van der Waals surface area contributed by atoms with Crippen LogP contribution >= 0.6 is 0 Å². The Hall–Kier alpha value is -5.32. The second-order valence-electron chi connectivity index (χ2n) is 9.72. The van der Waals surface area contributed by atoms with Crippen molar-refractivity contribution >= 4 is 28.5 Å². The van der Waals surface area contributed by atoms with Gasteiger partial charge >= 0.3 is 0 Å². The molecule has 0 bridgehead atoms. The van der Waals surface area contributed by atoms with Gasteiger partial charge in [0.2, 0.25) is 0 Å². The van der Waals surface area contributed by atoms with Gasteiger partial charge in [-0.1, -0.05) is 18.2 Å². The van der Waals surface area contributed by atoms with E-state index in [0.717, 1.165) is 11.3 Å². The lowest BCUT2D eigenvalue weighted by Crippen LogP contribution is -2.52. The van der Waals surface area contributed by atoms with Crippen LogP contribution in [0.2, 0.25) is 0 Å². The number of nitrogens with zero attached hydrogens (tertiary/aromatic N) is 6. The summed E-state index contributed by atoms with van der Waals surface area (Å²) in [5, 5.41) is 5.10. The van der Waals surface area contributed by atoms with Crippen molar-refractivity contribution in [3.8, 4) is 22.8 Å². The summed E-state index contributed by atoms with van der Waals surface area (Å²) in [5.41, 5.74) is 3.77. The first-order chi connectivity index (χ1) is 19.9. The first-order valence-electron chi connectivity index (χ1n) is 13.2. The number of amides is 2. The third-order valence-corrected chi connectivity index (χ3v) is 7.20. The van der Waals surface area contributed by atoms with Crippen LogP contribution in [0, 0.1) is 6.92 Å². The molecule has 206 valence electrons. The van der Waals surface area contributed by atoms with Gasteiger partial charge in [0.15, 0.2) is 5.82 Å². The van der Waals surface area contributed by atoms with E-state index in [1.807, 2.05) is 43.3 Å². The summed E-state index contributed by atoms with van der Waals surface area (Å²) in [6.45, 7) is 3.13. The SMILES string of the molecule is COc1cnc(-n2ccc(-c3ccc(C)nc3)n2)c2[nH]cc(C(=O)C(=O)N3CCN(C(=O)c4ccccc4)CC3)c12. The van der Waals surface area contributed by atoms with Crippen LogP contribution < -0.4 is 4.74 Å². The highest BCUT2D eigenvalue weighted by Gasteiger charge is 2.31. The van der Waals surface area contributed by atoms with Gasteiger partial charge in [0.25, 0.3) is 17.6 Å². The number of piperazine rings is 1. The summed E-state index contributed by atoms with van der Waals surface area (Å²) in [5.74, 6) is -0.583. The summed E-state index contributed by atoms with van der Waals surface area (Å²) in [7, 11) is 1.48. The number of ether oxygens (including phenoxy) is 1. The summed E-state index contributed by atoms with van der Waals surface area (Å²) < 4.78 is 7.12. The number of ketones is 1. The molecule has 0 atom stereocenters. The smallest absolute Gasteiger partial charge is 0.295 e. The summed E-state index contributed by atoms with van der Waals surface area (Å²) in [6, 6.07) is 14.7. The molecule has 0 saturated carbocycles. The first-order valence-corrected chi connectivity index (χ1v) is 13.2. The van der Waals surface area contributed by atoms with Gasteiger partial charge in [0.05, 0.1) is 35.5 Å². The largest absolute Gasteiger partial charge is 0.494 e. The molecule has 41 heavy (non-hydrogen) atoms. The highest BCUT2D eigenvalue weighted by Crippen LogP contribution is 2.32. The average molecular weight is 550 g/mol. The number of H-pyrrole nitrogens is 1. The molecule has 0 unspecified atom stereocenters. The molecule has 5 heterocycles. The molecule has 0 aliphatic carbocycles. The van der Waals surface area contributed by atoms with E-state index in [1.54, 1.807) is 34.1 Å². The summed E-state index contributed by atoms with van der Waals surface area (Å²) in [6.07, 6.45) is 6.54. The Labute approximate surface area is 235 Å². The molecular weight excluding hydrogens is 522 g/mol. The zero-order chi connectivity index (χ0) is 28.5. The van der Waals surface area contributed by atoms with E-state index >= 15 is 0 Å². The maximum Gasteiger partial charge on any atom is 0.295 e. The van der Waals surface area contributed by atoms with Crippen molar-refractivity contribution in [1.29, 1.82) is 0 Å². The Bertz CT molecular complexity index is 1750. The highest BCUT2D eigenvalue weighted by molar-refractivity contribution is 6.45. The molecule has 6 rings (SSSR count). The fourth-order valence-corrected chi connectivity index (χ4v) is 4.96. The number of nitrogens with one attached hydrogen (secondary N) is 1. The average Bonchev–Trinajstić information content (AvgIpc) is 3.69. The van der Waals surface area contributed by atoms with E-state index in [4.69, 9.17) is 4.74 Å². The number of aromatic nitrogens is 5. The normalized spacial score (nSPS) is 13.4. The van der Waals surface area contributed by atoms with E-state index in [2.05, 4.69) is 20.1 Å². The zero-order valence-electron chi connectivity index (χ0n) is 22.6. The van der Waals surface area contributed by atoms with Crippen LogP contribution in [0.25, 0.3) is 28.0 Å². The quantitative estimate of drug-likeness (QED) is 0.254. The van der Waals surface area contributed by atoms with Gasteiger partial charge in [-0.15, -0.1) is 0 Å². The van der Waals surface area contributed by atoms with Gasteiger partial charge < -0.3 is 19.5 Å². The molecule has 4 aromatic heterocycles. The lowest BCUT2D eigenvalue weighted by molar-refractivity contribution is -0.127. The van der Waals surface area contributed by atoms with Gasteiger partial charge in [0, 0.05) is 61.6 Å². The van der Waals surface area contributed by atoms with E-state index in [1.165, 1.54) is 24.4 Å². The molecule has 0 radical (unpaired) electrons. The van der Waals surface area contributed by atoms with E-state index < -0.39 is 11.7 Å². The number of fused-ring (bicyclic) bond motifs is 1. The first kappa shape index (κ1) is 25.9. The van der Waals surface area contributed by atoms with Gasteiger partial charge in [-0.25, -0.2) is 9.67 Å². The fraction of sp³-hybridized carbons (Fsp3) is 0.200. The van der Waals surface area contributed by atoms with Crippen LogP contribution in [-0.4, -0.2) is 85.4 Å². The second-order valence-corrected chi connectivity index (χ2v) is 9.72. The van der Waals surface area contributed by atoms with Crippen molar-refractivity contribution in [2.75, 3.05) is 33.3 Å². The number of hydrogen-bond donors (Lipinski definition) is 1. The Balaban J connectivity index is 1.24. The van der Waals surface area contributed by atoms with Gasteiger partial charge in [-0.3, -0.25) is 19.4 Å². The van der Waals surface area contributed by atoms with Crippen molar-refractivity contribution in [3.05, 3.63) is 90.1 Å². The third-order valence-electron chi connectivity index (χ3n) is 7.20. The monoisotopic (exact) mass is 549 g/mol. The lowest BCUT2D eigenvalue weighted by atomic mass is 10.1. The van der Waals surface area contributed by atoms with E-state index in [9.17, 15) is 14.4 Å². The number of benzene rings is 1. The van der Waals surface area contributed by atoms with Crippen molar-refractivity contribution in [2.45, 2.75) is 6.92 Å². The van der Waals surface area contributed by atoms with Gasteiger partial charge in [0.1, 0.15) is 5.75 Å². The van der Waals surface area contributed by atoms with Crippen LogP contribution in [0.1, 0.15) is 26.4 Å². The number of carbonyl (C=O) groups is 3. The molecule has 1 aliphatic heterocycles. The van der Waals surface area contributed by atoms with Crippen molar-refractivity contribution in [2.24, 2.45) is 0 Å². The minimum Gasteiger partial charge on any atom is -0.494 e. The molecule has 1 saturated heterocycles. The van der Waals surface area contributed by atoms with Gasteiger partial charge in [-0.2, -0.15) is 5.10 Å².